The van der Waals surface area contributed by atoms with E-state index >= 15 is 0 Å². The van der Waals surface area contributed by atoms with Crippen molar-refractivity contribution in [3.8, 4) is 0 Å². The summed E-state index contributed by atoms with van der Waals surface area (Å²) in [5.74, 6) is -0.861. The number of hydrogen-bond acceptors (Lipinski definition) is 4. The van der Waals surface area contributed by atoms with Crippen molar-refractivity contribution in [2.45, 2.75) is 19.9 Å². The molecule has 0 fully saturated rings. The molecule has 0 saturated heterocycles. The Hall–Kier alpha value is -1.91. The number of carbonyl (C=O) groups excluding carboxylic acids is 2. The molecular formula is C11H14N2O3. The van der Waals surface area contributed by atoms with Crippen LogP contribution in [-0.2, 0) is 4.74 Å². The molecule has 1 heterocycles. The van der Waals surface area contributed by atoms with E-state index in [0.29, 0.717) is 0 Å². The second kappa shape index (κ2) is 5.25. The Labute approximate surface area is 93.8 Å². The zero-order chi connectivity index (χ0) is 12.1. The number of ether oxygens (including phenoxy) is 1. The summed E-state index contributed by atoms with van der Waals surface area (Å²) >= 11 is 0. The van der Waals surface area contributed by atoms with Crippen LogP contribution in [0.25, 0.3) is 0 Å². The molecule has 0 atom stereocenters. The van der Waals surface area contributed by atoms with Crippen molar-refractivity contribution in [1.82, 2.24) is 10.3 Å². The highest BCUT2D eigenvalue weighted by atomic mass is 16.5. The van der Waals surface area contributed by atoms with Crippen molar-refractivity contribution < 1.29 is 14.3 Å². The first-order valence-corrected chi connectivity index (χ1v) is 4.91. The van der Waals surface area contributed by atoms with Gasteiger partial charge in [-0.15, -0.1) is 0 Å². The Bertz CT molecular complexity index is 402. The van der Waals surface area contributed by atoms with Crippen molar-refractivity contribution in [3.05, 3.63) is 29.6 Å². The fraction of sp³-hybridized carbons (Fsp3) is 0.364. The molecule has 16 heavy (non-hydrogen) atoms. The van der Waals surface area contributed by atoms with E-state index in [-0.39, 0.29) is 23.3 Å². The Morgan fingerprint density at radius 3 is 2.50 bits per heavy atom. The summed E-state index contributed by atoms with van der Waals surface area (Å²) in [5, 5.41) is 2.69. The molecular weight excluding hydrogens is 208 g/mol. The van der Waals surface area contributed by atoms with Gasteiger partial charge in [0, 0.05) is 6.04 Å². The van der Waals surface area contributed by atoms with Gasteiger partial charge >= 0.3 is 5.97 Å². The molecule has 0 spiro atoms. The summed E-state index contributed by atoms with van der Waals surface area (Å²) in [6, 6.07) is 4.66. The first-order valence-electron chi connectivity index (χ1n) is 4.91. The molecule has 0 aliphatic carbocycles. The molecule has 0 saturated carbocycles. The second-order valence-electron chi connectivity index (χ2n) is 3.53. The molecule has 1 rings (SSSR count). The van der Waals surface area contributed by atoms with Gasteiger partial charge in [0.2, 0.25) is 0 Å². The third-order valence-corrected chi connectivity index (χ3v) is 1.80. The minimum atomic E-state index is -0.556. The topological polar surface area (TPSA) is 68.3 Å². The van der Waals surface area contributed by atoms with Crippen LogP contribution in [0.15, 0.2) is 18.2 Å². The molecule has 0 unspecified atom stereocenters. The highest BCUT2D eigenvalue weighted by molar-refractivity contribution is 5.94. The number of amides is 1. The largest absolute Gasteiger partial charge is 0.464 e. The van der Waals surface area contributed by atoms with Gasteiger partial charge in [-0.25, -0.2) is 9.78 Å². The Kier molecular flexibility index (Phi) is 3.99. The number of nitrogens with one attached hydrogen (secondary N) is 1. The Morgan fingerprint density at radius 2 is 1.94 bits per heavy atom. The van der Waals surface area contributed by atoms with Gasteiger partial charge in [-0.3, -0.25) is 4.79 Å². The second-order valence-corrected chi connectivity index (χ2v) is 3.53. The van der Waals surface area contributed by atoms with Crippen LogP contribution in [0, 0.1) is 0 Å². The van der Waals surface area contributed by atoms with Crippen molar-refractivity contribution in [2.75, 3.05) is 7.11 Å². The zero-order valence-electron chi connectivity index (χ0n) is 9.48. The molecule has 0 aromatic carbocycles. The lowest BCUT2D eigenvalue weighted by Crippen LogP contribution is -2.31. The van der Waals surface area contributed by atoms with Gasteiger partial charge in [0.05, 0.1) is 7.11 Å². The van der Waals surface area contributed by atoms with Crippen molar-refractivity contribution in [3.63, 3.8) is 0 Å². The minimum Gasteiger partial charge on any atom is -0.464 e. The summed E-state index contributed by atoms with van der Waals surface area (Å²) in [6.07, 6.45) is 0. The van der Waals surface area contributed by atoms with Crippen molar-refractivity contribution in [1.29, 1.82) is 0 Å². The highest BCUT2D eigenvalue weighted by Gasteiger charge is 2.12. The number of nitrogens with zero attached hydrogens (tertiary/aromatic N) is 1. The molecule has 0 radical (unpaired) electrons. The molecule has 1 aromatic heterocycles. The number of rotatable bonds is 3. The molecule has 1 aromatic rings. The highest BCUT2D eigenvalue weighted by Crippen LogP contribution is 2.01. The number of aromatic nitrogens is 1. The molecule has 5 nitrogen and oxygen atoms in total. The molecule has 0 aliphatic heterocycles. The summed E-state index contributed by atoms with van der Waals surface area (Å²) in [7, 11) is 1.27. The van der Waals surface area contributed by atoms with Crippen molar-refractivity contribution in [2.24, 2.45) is 0 Å². The quantitative estimate of drug-likeness (QED) is 0.775. The molecule has 1 amide bonds. The SMILES string of the molecule is COC(=O)c1cccc(C(=O)NC(C)C)n1. The van der Waals surface area contributed by atoms with Gasteiger partial charge in [-0.2, -0.15) is 0 Å². The fourth-order valence-electron chi connectivity index (χ4n) is 1.12. The number of carbonyl (C=O) groups is 2. The molecule has 1 N–H and O–H groups in total. The van der Waals surface area contributed by atoms with Crippen LogP contribution in [0.2, 0.25) is 0 Å². The maximum Gasteiger partial charge on any atom is 0.356 e. The van der Waals surface area contributed by atoms with Crippen LogP contribution in [0.3, 0.4) is 0 Å². The van der Waals surface area contributed by atoms with E-state index in [4.69, 9.17) is 0 Å². The third-order valence-electron chi connectivity index (χ3n) is 1.80. The molecule has 5 heteroatoms. The predicted molar refractivity (Wildman–Crippen MR) is 58.2 cm³/mol. The standard InChI is InChI=1S/C11H14N2O3/c1-7(2)12-10(14)8-5-4-6-9(13-8)11(15)16-3/h4-7H,1-3H3,(H,12,14). The predicted octanol–water partition coefficient (Wildman–Crippen LogP) is 1.01. The van der Waals surface area contributed by atoms with Crippen LogP contribution >= 0.6 is 0 Å². The van der Waals surface area contributed by atoms with Gasteiger partial charge in [-0.05, 0) is 26.0 Å². The first-order chi connectivity index (χ1) is 7.54. The van der Waals surface area contributed by atoms with Gasteiger partial charge in [0.25, 0.3) is 5.91 Å². The van der Waals surface area contributed by atoms with Gasteiger partial charge in [0.1, 0.15) is 11.4 Å². The van der Waals surface area contributed by atoms with E-state index < -0.39 is 5.97 Å². The monoisotopic (exact) mass is 222 g/mol. The Morgan fingerprint density at radius 1 is 1.31 bits per heavy atom. The maximum atomic E-state index is 11.6. The zero-order valence-corrected chi connectivity index (χ0v) is 9.48. The van der Waals surface area contributed by atoms with E-state index in [2.05, 4.69) is 15.0 Å². The first kappa shape index (κ1) is 12.2. The van der Waals surface area contributed by atoms with Gasteiger partial charge < -0.3 is 10.1 Å². The number of esters is 1. The lowest BCUT2D eigenvalue weighted by Gasteiger charge is -2.07. The molecule has 86 valence electrons. The lowest BCUT2D eigenvalue weighted by atomic mass is 10.2. The normalized spacial score (nSPS) is 10.0. The number of methoxy groups -OCH3 is 1. The van der Waals surface area contributed by atoms with Crippen LogP contribution in [0.5, 0.6) is 0 Å². The van der Waals surface area contributed by atoms with Crippen LogP contribution in [-0.4, -0.2) is 30.0 Å². The lowest BCUT2D eigenvalue weighted by molar-refractivity contribution is 0.0594. The van der Waals surface area contributed by atoms with E-state index in [1.165, 1.54) is 13.2 Å². The number of hydrogen-bond donors (Lipinski definition) is 1. The average molecular weight is 222 g/mol. The van der Waals surface area contributed by atoms with Gasteiger partial charge in [0.15, 0.2) is 0 Å². The molecule has 0 aliphatic rings. The van der Waals surface area contributed by atoms with Crippen molar-refractivity contribution >= 4 is 11.9 Å². The van der Waals surface area contributed by atoms with Gasteiger partial charge in [-0.1, -0.05) is 6.07 Å². The van der Waals surface area contributed by atoms with E-state index in [0.717, 1.165) is 0 Å². The van der Waals surface area contributed by atoms with Crippen LogP contribution in [0.1, 0.15) is 34.8 Å². The summed E-state index contributed by atoms with van der Waals surface area (Å²) in [4.78, 5) is 26.7. The third kappa shape index (κ3) is 3.05. The summed E-state index contributed by atoms with van der Waals surface area (Å²) in [5.41, 5.74) is 0.329. The van der Waals surface area contributed by atoms with E-state index in [1.807, 2.05) is 13.8 Å². The van der Waals surface area contributed by atoms with Crippen LogP contribution in [0.4, 0.5) is 0 Å². The van der Waals surface area contributed by atoms with E-state index in [1.54, 1.807) is 12.1 Å². The van der Waals surface area contributed by atoms with E-state index in [9.17, 15) is 9.59 Å². The van der Waals surface area contributed by atoms with Crippen LogP contribution < -0.4 is 5.32 Å². The minimum absolute atomic E-state index is 0.0242. The summed E-state index contributed by atoms with van der Waals surface area (Å²) in [6.45, 7) is 3.70. The Balaban J connectivity index is 2.90. The molecule has 0 bridgehead atoms. The average Bonchev–Trinajstić information content (AvgIpc) is 2.27. The smallest absolute Gasteiger partial charge is 0.356 e. The fourth-order valence-corrected chi connectivity index (χ4v) is 1.12. The maximum absolute atomic E-state index is 11.6. The number of pyridine rings is 1. The summed E-state index contributed by atoms with van der Waals surface area (Å²) < 4.78 is 4.52.